The zero-order chi connectivity index (χ0) is 12.3. The van der Waals surface area contributed by atoms with Crippen molar-refractivity contribution in [3.8, 4) is 0 Å². The minimum Gasteiger partial charge on any atom is -0.256 e. The van der Waals surface area contributed by atoms with E-state index in [9.17, 15) is 0 Å². The van der Waals surface area contributed by atoms with Gasteiger partial charge in [0.15, 0.2) is 0 Å². The number of aromatic nitrogens is 1. The summed E-state index contributed by atoms with van der Waals surface area (Å²) in [6.45, 7) is 4.40. The molecule has 88 valence electrons. The number of nitrogens with zero attached hydrogens (tertiary/aromatic N) is 1. The van der Waals surface area contributed by atoms with Crippen molar-refractivity contribution < 1.29 is 0 Å². The molecule has 0 bridgehead atoms. The SMILES string of the molecule is C/C(I)=C/CC(C)c1ccc2cccnc2c1. The molecular formula is C15H16IN. The van der Waals surface area contributed by atoms with Crippen molar-refractivity contribution in [3.05, 3.63) is 51.7 Å². The van der Waals surface area contributed by atoms with Crippen molar-refractivity contribution in [3.63, 3.8) is 0 Å². The number of allylic oxidation sites excluding steroid dienone is 2. The molecule has 1 atom stereocenters. The second-order valence-electron chi connectivity index (χ2n) is 4.38. The number of hydrogen-bond donors (Lipinski definition) is 0. The van der Waals surface area contributed by atoms with E-state index < -0.39 is 0 Å². The molecule has 1 nitrogen and oxygen atoms in total. The molecule has 2 heteroatoms. The lowest BCUT2D eigenvalue weighted by molar-refractivity contribution is 0.781. The van der Waals surface area contributed by atoms with Gasteiger partial charge in [0.1, 0.15) is 0 Å². The van der Waals surface area contributed by atoms with Gasteiger partial charge < -0.3 is 0 Å². The molecule has 0 aliphatic heterocycles. The van der Waals surface area contributed by atoms with Gasteiger partial charge in [0, 0.05) is 11.6 Å². The summed E-state index contributed by atoms with van der Waals surface area (Å²) in [7, 11) is 0. The molecule has 1 heterocycles. The standard InChI is InChI=1S/C15H16IN/c1-11(5-6-12(2)16)14-8-7-13-4-3-9-17-15(13)10-14/h3-4,6-11H,5H2,1-2H3/b12-6-. The lowest BCUT2D eigenvalue weighted by atomic mass is 9.96. The van der Waals surface area contributed by atoms with Crippen LogP contribution in [-0.4, -0.2) is 4.98 Å². The van der Waals surface area contributed by atoms with Crippen LogP contribution >= 0.6 is 22.6 Å². The maximum atomic E-state index is 4.40. The second-order valence-corrected chi connectivity index (χ2v) is 6.08. The summed E-state index contributed by atoms with van der Waals surface area (Å²) in [6, 6.07) is 10.7. The normalized spacial score (nSPS) is 13.9. The topological polar surface area (TPSA) is 12.9 Å². The van der Waals surface area contributed by atoms with Crippen LogP contribution < -0.4 is 0 Å². The number of hydrogen-bond acceptors (Lipinski definition) is 1. The number of pyridine rings is 1. The van der Waals surface area contributed by atoms with E-state index in [4.69, 9.17) is 0 Å². The summed E-state index contributed by atoms with van der Waals surface area (Å²) < 4.78 is 1.35. The average molecular weight is 337 g/mol. The van der Waals surface area contributed by atoms with Crippen LogP contribution in [-0.2, 0) is 0 Å². The summed E-state index contributed by atoms with van der Waals surface area (Å²) in [6.07, 6.45) is 5.23. The lowest BCUT2D eigenvalue weighted by Crippen LogP contribution is -1.92. The summed E-state index contributed by atoms with van der Waals surface area (Å²) in [5.41, 5.74) is 2.46. The summed E-state index contributed by atoms with van der Waals surface area (Å²) >= 11 is 2.36. The zero-order valence-electron chi connectivity index (χ0n) is 10.2. The quantitative estimate of drug-likeness (QED) is 0.713. The number of halogens is 1. The smallest absolute Gasteiger partial charge is 0.0704 e. The Morgan fingerprint density at radius 1 is 1.41 bits per heavy atom. The molecule has 0 radical (unpaired) electrons. The van der Waals surface area contributed by atoms with Crippen molar-refractivity contribution in [2.24, 2.45) is 0 Å². The third-order valence-corrected chi connectivity index (χ3v) is 3.39. The van der Waals surface area contributed by atoms with E-state index in [2.05, 4.69) is 71.8 Å². The summed E-state index contributed by atoms with van der Waals surface area (Å²) in [5.74, 6) is 0.547. The predicted molar refractivity (Wildman–Crippen MR) is 82.6 cm³/mol. The molecule has 0 fully saturated rings. The molecule has 0 saturated carbocycles. The third-order valence-electron chi connectivity index (χ3n) is 2.95. The van der Waals surface area contributed by atoms with Gasteiger partial charge in [-0.25, -0.2) is 0 Å². The Morgan fingerprint density at radius 2 is 2.24 bits per heavy atom. The first kappa shape index (κ1) is 12.6. The number of benzene rings is 1. The van der Waals surface area contributed by atoms with Crippen LogP contribution in [0.5, 0.6) is 0 Å². The van der Waals surface area contributed by atoms with Crippen molar-refractivity contribution in [2.75, 3.05) is 0 Å². The lowest BCUT2D eigenvalue weighted by Gasteiger charge is -2.10. The van der Waals surface area contributed by atoms with Gasteiger partial charge in [0.2, 0.25) is 0 Å². The van der Waals surface area contributed by atoms with Crippen LogP contribution in [0.25, 0.3) is 10.9 Å². The molecule has 2 aromatic rings. The fourth-order valence-electron chi connectivity index (χ4n) is 1.87. The highest BCUT2D eigenvalue weighted by Crippen LogP contribution is 2.24. The molecular weight excluding hydrogens is 321 g/mol. The molecule has 0 aliphatic carbocycles. The first-order chi connectivity index (χ1) is 8.16. The maximum absolute atomic E-state index is 4.40. The molecule has 1 aromatic heterocycles. The minimum absolute atomic E-state index is 0.547. The Balaban J connectivity index is 2.26. The Bertz CT molecular complexity index is 541. The number of fused-ring (bicyclic) bond motifs is 1. The molecule has 0 amide bonds. The number of rotatable bonds is 3. The fourth-order valence-corrected chi connectivity index (χ4v) is 2.12. The maximum Gasteiger partial charge on any atom is 0.0704 e. The van der Waals surface area contributed by atoms with Gasteiger partial charge in [-0.3, -0.25) is 4.98 Å². The predicted octanol–water partition coefficient (Wildman–Crippen LogP) is 5.07. The molecule has 2 rings (SSSR count). The molecule has 0 aliphatic rings. The second kappa shape index (κ2) is 5.63. The van der Waals surface area contributed by atoms with Gasteiger partial charge in [-0.15, -0.1) is 0 Å². The van der Waals surface area contributed by atoms with Gasteiger partial charge >= 0.3 is 0 Å². The monoisotopic (exact) mass is 337 g/mol. The van der Waals surface area contributed by atoms with Crippen LogP contribution in [0.15, 0.2) is 46.2 Å². The average Bonchev–Trinajstić information content (AvgIpc) is 2.35. The van der Waals surface area contributed by atoms with E-state index in [0.29, 0.717) is 5.92 Å². The fraction of sp³-hybridized carbons (Fsp3) is 0.267. The van der Waals surface area contributed by atoms with Gasteiger partial charge in [-0.05, 0) is 63.1 Å². The van der Waals surface area contributed by atoms with E-state index in [-0.39, 0.29) is 0 Å². The molecule has 1 unspecified atom stereocenters. The van der Waals surface area contributed by atoms with Crippen LogP contribution in [0.1, 0.15) is 31.7 Å². The van der Waals surface area contributed by atoms with Crippen LogP contribution in [0.3, 0.4) is 0 Å². The van der Waals surface area contributed by atoms with E-state index in [1.807, 2.05) is 12.3 Å². The van der Waals surface area contributed by atoms with Gasteiger partial charge in [-0.1, -0.05) is 31.2 Å². The van der Waals surface area contributed by atoms with Crippen LogP contribution in [0.4, 0.5) is 0 Å². The Hall–Kier alpha value is -0.900. The Kier molecular flexibility index (Phi) is 4.15. The van der Waals surface area contributed by atoms with E-state index in [1.165, 1.54) is 14.5 Å². The first-order valence-corrected chi connectivity index (χ1v) is 6.91. The Morgan fingerprint density at radius 3 is 3.00 bits per heavy atom. The summed E-state index contributed by atoms with van der Waals surface area (Å²) in [5, 5.41) is 1.21. The van der Waals surface area contributed by atoms with E-state index >= 15 is 0 Å². The molecule has 0 N–H and O–H groups in total. The van der Waals surface area contributed by atoms with Gasteiger partial charge in [-0.2, -0.15) is 0 Å². The zero-order valence-corrected chi connectivity index (χ0v) is 12.3. The van der Waals surface area contributed by atoms with E-state index in [1.54, 1.807) is 0 Å². The van der Waals surface area contributed by atoms with Crippen molar-refractivity contribution >= 4 is 33.5 Å². The molecule has 17 heavy (non-hydrogen) atoms. The highest BCUT2D eigenvalue weighted by Gasteiger charge is 2.05. The highest BCUT2D eigenvalue weighted by atomic mass is 127. The van der Waals surface area contributed by atoms with Gasteiger partial charge in [0.25, 0.3) is 0 Å². The van der Waals surface area contributed by atoms with E-state index in [0.717, 1.165) is 11.9 Å². The Labute approximate surface area is 116 Å². The largest absolute Gasteiger partial charge is 0.256 e. The van der Waals surface area contributed by atoms with Gasteiger partial charge in [0.05, 0.1) is 5.52 Å². The first-order valence-electron chi connectivity index (χ1n) is 5.84. The third kappa shape index (κ3) is 3.28. The summed E-state index contributed by atoms with van der Waals surface area (Å²) in [4.78, 5) is 4.40. The van der Waals surface area contributed by atoms with Crippen LogP contribution in [0.2, 0.25) is 0 Å². The molecule has 0 saturated heterocycles. The van der Waals surface area contributed by atoms with Crippen molar-refractivity contribution in [1.82, 2.24) is 4.98 Å². The van der Waals surface area contributed by atoms with Crippen molar-refractivity contribution in [2.45, 2.75) is 26.2 Å². The minimum atomic E-state index is 0.547. The van der Waals surface area contributed by atoms with Crippen molar-refractivity contribution in [1.29, 1.82) is 0 Å². The molecule has 0 spiro atoms. The van der Waals surface area contributed by atoms with Crippen LogP contribution in [0, 0.1) is 0 Å². The molecule has 1 aromatic carbocycles. The highest BCUT2D eigenvalue weighted by molar-refractivity contribution is 14.1.